The van der Waals surface area contributed by atoms with Crippen molar-refractivity contribution in [1.82, 2.24) is 4.90 Å². The fourth-order valence-corrected chi connectivity index (χ4v) is 2.62. The molecular formula is C16H26N2O. The van der Waals surface area contributed by atoms with E-state index in [0.717, 1.165) is 38.3 Å². The van der Waals surface area contributed by atoms with Crippen LogP contribution in [0.4, 0.5) is 0 Å². The Morgan fingerprint density at radius 1 is 1.37 bits per heavy atom. The normalized spacial score (nSPS) is 18.5. The van der Waals surface area contributed by atoms with Gasteiger partial charge in [-0.2, -0.15) is 0 Å². The molecule has 1 aliphatic rings. The second-order valence-electron chi connectivity index (χ2n) is 6.25. The zero-order valence-corrected chi connectivity index (χ0v) is 12.4. The van der Waals surface area contributed by atoms with E-state index in [4.69, 9.17) is 10.5 Å². The van der Waals surface area contributed by atoms with Crippen LogP contribution in [-0.2, 0) is 6.42 Å². The van der Waals surface area contributed by atoms with Crippen LogP contribution >= 0.6 is 0 Å². The summed E-state index contributed by atoms with van der Waals surface area (Å²) in [5, 5.41) is 0. The molecule has 2 N–H and O–H groups in total. The molecule has 3 nitrogen and oxygen atoms in total. The van der Waals surface area contributed by atoms with Crippen LogP contribution in [0.15, 0.2) is 24.3 Å². The van der Waals surface area contributed by atoms with Crippen LogP contribution < -0.4 is 10.5 Å². The van der Waals surface area contributed by atoms with Crippen LogP contribution in [0, 0.1) is 5.41 Å². The second-order valence-corrected chi connectivity index (χ2v) is 6.25. The van der Waals surface area contributed by atoms with Crippen LogP contribution in [0.5, 0.6) is 5.75 Å². The average Bonchev–Trinajstić information content (AvgIpc) is 2.79. The summed E-state index contributed by atoms with van der Waals surface area (Å²) in [5.74, 6) is 1.06. The molecule has 1 aliphatic heterocycles. The molecule has 0 fully saturated rings. The maximum absolute atomic E-state index is 6.01. The van der Waals surface area contributed by atoms with Gasteiger partial charge >= 0.3 is 0 Å². The molecular weight excluding hydrogens is 236 g/mol. The van der Waals surface area contributed by atoms with Crippen molar-refractivity contribution in [1.29, 1.82) is 0 Å². The van der Waals surface area contributed by atoms with E-state index in [2.05, 4.69) is 43.9 Å². The van der Waals surface area contributed by atoms with Gasteiger partial charge in [0, 0.05) is 19.5 Å². The summed E-state index contributed by atoms with van der Waals surface area (Å²) >= 11 is 0. The highest BCUT2D eigenvalue weighted by atomic mass is 16.5. The SMILES string of the molecule is CCN(CC1Cc2ccccc2O1)CC(C)(C)CN. The van der Waals surface area contributed by atoms with Crippen LogP contribution in [-0.4, -0.2) is 37.2 Å². The van der Waals surface area contributed by atoms with Crippen molar-refractivity contribution in [3.63, 3.8) is 0 Å². The Balaban J connectivity index is 1.91. The number of rotatable bonds is 6. The van der Waals surface area contributed by atoms with Gasteiger partial charge in [0.2, 0.25) is 0 Å². The molecule has 0 aromatic heterocycles. The van der Waals surface area contributed by atoms with Crippen LogP contribution in [0.2, 0.25) is 0 Å². The van der Waals surface area contributed by atoms with E-state index in [0.29, 0.717) is 0 Å². The second kappa shape index (κ2) is 5.93. The molecule has 0 bridgehead atoms. The van der Waals surface area contributed by atoms with E-state index >= 15 is 0 Å². The molecule has 106 valence electrons. The van der Waals surface area contributed by atoms with Gasteiger partial charge in [-0.1, -0.05) is 39.0 Å². The maximum Gasteiger partial charge on any atom is 0.123 e. The predicted molar refractivity (Wildman–Crippen MR) is 79.5 cm³/mol. The average molecular weight is 262 g/mol. The van der Waals surface area contributed by atoms with E-state index in [1.54, 1.807) is 0 Å². The molecule has 0 amide bonds. The van der Waals surface area contributed by atoms with Crippen LogP contribution in [0.25, 0.3) is 0 Å². The number of likely N-dealkylation sites (N-methyl/N-ethyl adjacent to an activating group) is 1. The molecule has 1 heterocycles. The van der Waals surface area contributed by atoms with Gasteiger partial charge < -0.3 is 10.5 Å². The topological polar surface area (TPSA) is 38.5 Å². The third-order valence-electron chi connectivity index (χ3n) is 3.83. The predicted octanol–water partition coefficient (Wildman–Crippen LogP) is 2.30. The highest BCUT2D eigenvalue weighted by molar-refractivity contribution is 5.37. The summed E-state index contributed by atoms with van der Waals surface area (Å²) in [4.78, 5) is 2.45. The van der Waals surface area contributed by atoms with E-state index in [-0.39, 0.29) is 11.5 Å². The van der Waals surface area contributed by atoms with E-state index in [1.807, 2.05) is 6.07 Å². The van der Waals surface area contributed by atoms with Crippen molar-refractivity contribution in [2.24, 2.45) is 11.1 Å². The molecule has 1 atom stereocenters. The first kappa shape index (κ1) is 14.4. The highest BCUT2D eigenvalue weighted by Crippen LogP contribution is 2.28. The number of para-hydroxylation sites is 1. The van der Waals surface area contributed by atoms with Crippen LogP contribution in [0.1, 0.15) is 26.3 Å². The zero-order chi connectivity index (χ0) is 13.9. The van der Waals surface area contributed by atoms with Gasteiger partial charge in [-0.3, -0.25) is 4.90 Å². The molecule has 0 radical (unpaired) electrons. The first-order valence-electron chi connectivity index (χ1n) is 7.21. The quantitative estimate of drug-likeness (QED) is 0.855. The van der Waals surface area contributed by atoms with Gasteiger partial charge in [-0.05, 0) is 30.1 Å². The summed E-state index contributed by atoms with van der Waals surface area (Å²) in [6.45, 7) is 10.4. The summed E-state index contributed by atoms with van der Waals surface area (Å²) in [6.07, 6.45) is 1.31. The molecule has 0 spiro atoms. The fraction of sp³-hybridized carbons (Fsp3) is 0.625. The van der Waals surface area contributed by atoms with Gasteiger partial charge in [0.05, 0.1) is 0 Å². The zero-order valence-electron chi connectivity index (χ0n) is 12.4. The number of hydrogen-bond acceptors (Lipinski definition) is 3. The minimum absolute atomic E-state index is 0.168. The van der Waals surface area contributed by atoms with Crippen molar-refractivity contribution in [3.8, 4) is 5.75 Å². The van der Waals surface area contributed by atoms with E-state index in [9.17, 15) is 0 Å². The largest absolute Gasteiger partial charge is 0.488 e. The minimum atomic E-state index is 0.168. The van der Waals surface area contributed by atoms with Gasteiger partial charge in [-0.15, -0.1) is 0 Å². The number of nitrogens with two attached hydrogens (primary N) is 1. The monoisotopic (exact) mass is 262 g/mol. The molecule has 2 rings (SSSR count). The number of benzene rings is 1. The Bertz CT molecular complexity index is 392. The lowest BCUT2D eigenvalue weighted by molar-refractivity contribution is 0.121. The molecule has 1 unspecified atom stereocenters. The number of fused-ring (bicyclic) bond motifs is 1. The molecule has 0 aliphatic carbocycles. The van der Waals surface area contributed by atoms with Crippen LogP contribution in [0.3, 0.4) is 0 Å². The standard InChI is InChI=1S/C16H26N2O/c1-4-18(12-16(2,3)11-17)10-14-9-13-7-5-6-8-15(13)19-14/h5-8,14H,4,9-12,17H2,1-3H3. The molecule has 0 saturated carbocycles. The number of nitrogens with zero attached hydrogens (tertiary/aromatic N) is 1. The molecule has 1 aromatic rings. The van der Waals surface area contributed by atoms with Gasteiger partial charge in [0.25, 0.3) is 0 Å². The lowest BCUT2D eigenvalue weighted by Gasteiger charge is -2.32. The lowest BCUT2D eigenvalue weighted by Crippen LogP contribution is -2.43. The number of ether oxygens (including phenoxy) is 1. The third-order valence-corrected chi connectivity index (χ3v) is 3.83. The molecule has 1 aromatic carbocycles. The maximum atomic E-state index is 6.01. The van der Waals surface area contributed by atoms with Gasteiger partial charge in [-0.25, -0.2) is 0 Å². The Morgan fingerprint density at radius 2 is 2.11 bits per heavy atom. The van der Waals surface area contributed by atoms with Gasteiger partial charge in [0.1, 0.15) is 11.9 Å². The summed E-state index contributed by atoms with van der Waals surface area (Å²) in [6, 6.07) is 8.35. The van der Waals surface area contributed by atoms with Crippen molar-refractivity contribution in [2.45, 2.75) is 33.3 Å². The fourth-order valence-electron chi connectivity index (χ4n) is 2.62. The van der Waals surface area contributed by atoms with Crippen molar-refractivity contribution in [2.75, 3.05) is 26.2 Å². The molecule has 3 heteroatoms. The number of hydrogen-bond donors (Lipinski definition) is 1. The first-order valence-corrected chi connectivity index (χ1v) is 7.21. The van der Waals surface area contributed by atoms with Crippen molar-refractivity contribution < 1.29 is 4.74 Å². The van der Waals surface area contributed by atoms with Gasteiger partial charge in [0.15, 0.2) is 0 Å². The smallest absolute Gasteiger partial charge is 0.123 e. The first-order chi connectivity index (χ1) is 9.04. The minimum Gasteiger partial charge on any atom is -0.488 e. The Morgan fingerprint density at radius 3 is 2.74 bits per heavy atom. The van der Waals surface area contributed by atoms with E-state index in [1.165, 1.54) is 5.56 Å². The highest BCUT2D eigenvalue weighted by Gasteiger charge is 2.26. The molecule has 19 heavy (non-hydrogen) atoms. The third kappa shape index (κ3) is 3.71. The van der Waals surface area contributed by atoms with Crippen molar-refractivity contribution >= 4 is 0 Å². The lowest BCUT2D eigenvalue weighted by atomic mass is 9.93. The Kier molecular flexibility index (Phi) is 4.48. The van der Waals surface area contributed by atoms with E-state index < -0.39 is 0 Å². The summed E-state index contributed by atoms with van der Waals surface area (Å²) < 4.78 is 6.01. The summed E-state index contributed by atoms with van der Waals surface area (Å²) in [7, 11) is 0. The molecule has 0 saturated heterocycles. The Labute approximate surface area is 116 Å². The Hall–Kier alpha value is -1.06. The van der Waals surface area contributed by atoms with Crippen molar-refractivity contribution in [3.05, 3.63) is 29.8 Å². The summed E-state index contributed by atoms with van der Waals surface area (Å²) in [5.41, 5.74) is 7.33.